The molecule has 0 aromatic heterocycles. The molecule has 0 saturated heterocycles. The van der Waals surface area contributed by atoms with Crippen molar-refractivity contribution in [1.29, 1.82) is 0 Å². The van der Waals surface area contributed by atoms with E-state index in [1.165, 1.54) is 18.6 Å². The highest BCUT2D eigenvalue weighted by molar-refractivity contribution is 7.99. The van der Waals surface area contributed by atoms with E-state index in [0.29, 0.717) is 23.5 Å². The summed E-state index contributed by atoms with van der Waals surface area (Å²) in [5.74, 6) is 2.28. The molecule has 3 atom stereocenters. The molecule has 1 aromatic carbocycles. The van der Waals surface area contributed by atoms with Gasteiger partial charge in [-0.3, -0.25) is 0 Å². The summed E-state index contributed by atoms with van der Waals surface area (Å²) in [7, 11) is 0. The van der Waals surface area contributed by atoms with Crippen molar-refractivity contribution in [1.82, 2.24) is 0 Å². The zero-order valence-corrected chi connectivity index (χ0v) is 12.5. The maximum absolute atomic E-state index is 13.1. The van der Waals surface area contributed by atoms with E-state index in [1.807, 2.05) is 6.07 Å². The molecule has 1 N–H and O–H groups in total. The number of aliphatic hydroxyl groups excluding tert-OH is 1. The fourth-order valence-electron chi connectivity index (χ4n) is 3.20. The molecular weight excluding hydrogens is 259 g/mol. The van der Waals surface area contributed by atoms with Crippen LogP contribution in [0, 0.1) is 23.6 Å². The molecule has 0 amide bonds. The number of benzene rings is 1. The average molecular weight is 282 g/mol. The lowest BCUT2D eigenvalue weighted by Crippen LogP contribution is -2.30. The molecule has 0 spiro atoms. The second-order valence-corrected chi connectivity index (χ2v) is 7.11. The minimum atomic E-state index is -0.279. The molecule has 0 aliphatic heterocycles. The fourth-order valence-corrected chi connectivity index (χ4v) is 4.20. The summed E-state index contributed by atoms with van der Waals surface area (Å²) in [4.78, 5) is 0.899. The zero-order valence-electron chi connectivity index (χ0n) is 11.7. The molecule has 3 heteroatoms. The SMILES string of the molecule is CC1CC(C)CC(C(O)CSc2cccc(F)c2)C1. The van der Waals surface area contributed by atoms with Crippen LogP contribution < -0.4 is 0 Å². The van der Waals surface area contributed by atoms with Crippen LogP contribution in [0.15, 0.2) is 29.2 Å². The van der Waals surface area contributed by atoms with Crippen molar-refractivity contribution in [3.8, 4) is 0 Å². The Morgan fingerprint density at radius 3 is 2.58 bits per heavy atom. The summed E-state index contributed by atoms with van der Waals surface area (Å²) in [5.41, 5.74) is 0. The number of halogens is 1. The molecule has 1 fully saturated rings. The molecule has 0 heterocycles. The Labute approximate surface area is 119 Å². The summed E-state index contributed by atoms with van der Waals surface area (Å²) < 4.78 is 13.1. The Balaban J connectivity index is 1.85. The molecule has 0 radical (unpaired) electrons. The van der Waals surface area contributed by atoms with E-state index >= 15 is 0 Å². The maximum atomic E-state index is 13.1. The highest BCUT2D eigenvalue weighted by Gasteiger charge is 2.28. The van der Waals surface area contributed by atoms with Crippen LogP contribution in [0.4, 0.5) is 4.39 Å². The van der Waals surface area contributed by atoms with Crippen molar-refractivity contribution in [3.05, 3.63) is 30.1 Å². The van der Waals surface area contributed by atoms with E-state index in [2.05, 4.69) is 13.8 Å². The topological polar surface area (TPSA) is 20.2 Å². The van der Waals surface area contributed by atoms with Gasteiger partial charge in [-0.2, -0.15) is 0 Å². The van der Waals surface area contributed by atoms with Gasteiger partial charge in [-0.1, -0.05) is 19.9 Å². The van der Waals surface area contributed by atoms with E-state index in [9.17, 15) is 9.50 Å². The quantitative estimate of drug-likeness (QED) is 0.828. The van der Waals surface area contributed by atoms with E-state index in [1.54, 1.807) is 17.8 Å². The number of hydrogen-bond acceptors (Lipinski definition) is 2. The van der Waals surface area contributed by atoms with Gasteiger partial charge in [-0.25, -0.2) is 4.39 Å². The first kappa shape index (κ1) is 14.9. The van der Waals surface area contributed by atoms with Crippen LogP contribution >= 0.6 is 11.8 Å². The highest BCUT2D eigenvalue weighted by Crippen LogP contribution is 2.36. The van der Waals surface area contributed by atoms with Crippen molar-refractivity contribution in [2.45, 2.75) is 44.1 Å². The van der Waals surface area contributed by atoms with Gasteiger partial charge in [0.15, 0.2) is 0 Å². The number of hydrogen-bond donors (Lipinski definition) is 1. The summed E-state index contributed by atoms with van der Waals surface area (Å²) in [5, 5.41) is 10.3. The normalized spacial score (nSPS) is 29.2. The van der Waals surface area contributed by atoms with Crippen LogP contribution in [-0.2, 0) is 0 Å². The number of rotatable bonds is 4. The molecular formula is C16H23FOS. The second kappa shape index (κ2) is 6.76. The van der Waals surface area contributed by atoms with Gasteiger partial charge in [-0.05, 0) is 55.2 Å². The van der Waals surface area contributed by atoms with Gasteiger partial charge >= 0.3 is 0 Å². The third-order valence-electron chi connectivity index (χ3n) is 3.98. The van der Waals surface area contributed by atoms with E-state index in [-0.39, 0.29) is 11.9 Å². The first-order valence-electron chi connectivity index (χ1n) is 7.11. The van der Waals surface area contributed by atoms with Gasteiger partial charge in [0.05, 0.1) is 6.10 Å². The largest absolute Gasteiger partial charge is 0.392 e. The monoisotopic (exact) mass is 282 g/mol. The van der Waals surface area contributed by atoms with Crippen molar-refractivity contribution in [3.63, 3.8) is 0 Å². The standard InChI is InChI=1S/C16H23FOS/c1-11-6-12(2)8-13(7-11)16(18)10-19-15-5-3-4-14(17)9-15/h3-5,9,11-13,16,18H,6-8,10H2,1-2H3. The zero-order chi connectivity index (χ0) is 13.8. The van der Waals surface area contributed by atoms with Crippen molar-refractivity contribution < 1.29 is 9.50 Å². The van der Waals surface area contributed by atoms with Crippen LogP contribution in [-0.4, -0.2) is 17.0 Å². The molecule has 1 aliphatic carbocycles. The molecule has 3 unspecified atom stereocenters. The maximum Gasteiger partial charge on any atom is 0.124 e. The molecule has 106 valence electrons. The number of aliphatic hydroxyl groups is 1. The van der Waals surface area contributed by atoms with Gasteiger partial charge in [-0.15, -0.1) is 11.8 Å². The Morgan fingerprint density at radius 1 is 1.26 bits per heavy atom. The third-order valence-corrected chi connectivity index (χ3v) is 5.07. The molecule has 0 bridgehead atoms. The summed E-state index contributed by atoms with van der Waals surface area (Å²) in [6.07, 6.45) is 3.24. The van der Waals surface area contributed by atoms with Gasteiger partial charge in [0.25, 0.3) is 0 Å². The van der Waals surface area contributed by atoms with Crippen molar-refractivity contribution >= 4 is 11.8 Å². The van der Waals surface area contributed by atoms with Crippen LogP contribution in [0.1, 0.15) is 33.1 Å². The first-order chi connectivity index (χ1) is 9.04. The van der Waals surface area contributed by atoms with Gasteiger partial charge in [0.2, 0.25) is 0 Å². The van der Waals surface area contributed by atoms with Crippen molar-refractivity contribution in [2.75, 3.05) is 5.75 Å². The summed E-state index contributed by atoms with van der Waals surface area (Å²) in [6, 6.07) is 6.59. The minimum absolute atomic E-state index is 0.209. The van der Waals surface area contributed by atoms with Gasteiger partial charge in [0, 0.05) is 10.6 Å². The lowest BCUT2D eigenvalue weighted by molar-refractivity contribution is 0.0723. The summed E-state index contributed by atoms with van der Waals surface area (Å²) >= 11 is 1.55. The Bertz CT molecular complexity index is 399. The van der Waals surface area contributed by atoms with E-state index in [0.717, 1.165) is 17.7 Å². The summed E-state index contributed by atoms with van der Waals surface area (Å²) in [6.45, 7) is 4.55. The Morgan fingerprint density at radius 2 is 1.95 bits per heavy atom. The highest BCUT2D eigenvalue weighted by atomic mass is 32.2. The predicted molar refractivity (Wildman–Crippen MR) is 78.8 cm³/mol. The van der Waals surface area contributed by atoms with E-state index in [4.69, 9.17) is 0 Å². The third kappa shape index (κ3) is 4.50. The molecule has 1 nitrogen and oxygen atoms in total. The minimum Gasteiger partial charge on any atom is -0.392 e. The Kier molecular flexibility index (Phi) is 5.28. The van der Waals surface area contributed by atoms with Crippen LogP contribution in [0.25, 0.3) is 0 Å². The first-order valence-corrected chi connectivity index (χ1v) is 8.09. The lowest BCUT2D eigenvalue weighted by atomic mass is 9.75. The second-order valence-electron chi connectivity index (χ2n) is 6.01. The van der Waals surface area contributed by atoms with E-state index < -0.39 is 0 Å². The lowest BCUT2D eigenvalue weighted by Gasteiger charge is -2.34. The Hall–Kier alpha value is -0.540. The van der Waals surface area contributed by atoms with Crippen LogP contribution in [0.3, 0.4) is 0 Å². The molecule has 1 aromatic rings. The molecule has 19 heavy (non-hydrogen) atoms. The van der Waals surface area contributed by atoms with Crippen LogP contribution in [0.2, 0.25) is 0 Å². The number of thioether (sulfide) groups is 1. The van der Waals surface area contributed by atoms with Gasteiger partial charge < -0.3 is 5.11 Å². The van der Waals surface area contributed by atoms with Crippen LogP contribution in [0.5, 0.6) is 0 Å². The van der Waals surface area contributed by atoms with Gasteiger partial charge in [0.1, 0.15) is 5.82 Å². The smallest absolute Gasteiger partial charge is 0.124 e. The molecule has 2 rings (SSSR count). The fraction of sp³-hybridized carbons (Fsp3) is 0.625. The van der Waals surface area contributed by atoms with Crippen molar-refractivity contribution in [2.24, 2.45) is 17.8 Å². The molecule has 1 aliphatic rings. The predicted octanol–water partition coefficient (Wildman–Crippen LogP) is 4.35. The molecule has 1 saturated carbocycles. The average Bonchev–Trinajstić information content (AvgIpc) is 2.35.